The second-order valence-electron chi connectivity index (χ2n) is 4.32. The van der Waals surface area contributed by atoms with E-state index < -0.39 is 0 Å². The van der Waals surface area contributed by atoms with Crippen molar-refractivity contribution in [1.29, 1.82) is 0 Å². The normalized spacial score (nSPS) is 38.5. The van der Waals surface area contributed by atoms with Gasteiger partial charge in [0.15, 0.2) is 0 Å². The lowest BCUT2D eigenvalue weighted by molar-refractivity contribution is -0.128. The van der Waals surface area contributed by atoms with E-state index in [2.05, 4.69) is 11.8 Å². The molecule has 3 nitrogen and oxygen atoms in total. The summed E-state index contributed by atoms with van der Waals surface area (Å²) < 4.78 is 0. The Hall–Kier alpha value is -0.570. The minimum absolute atomic E-state index is 0.330. The van der Waals surface area contributed by atoms with E-state index in [1.54, 1.807) is 0 Å². The van der Waals surface area contributed by atoms with Crippen LogP contribution in [-0.4, -0.2) is 29.9 Å². The Balaban J connectivity index is 1.91. The molecule has 0 aromatic heterocycles. The van der Waals surface area contributed by atoms with Gasteiger partial charge in [0.05, 0.1) is 0 Å². The zero-order valence-electron chi connectivity index (χ0n) is 8.20. The fraction of sp³-hybridized carbons (Fsp3) is 0.900. The van der Waals surface area contributed by atoms with E-state index in [1.165, 1.54) is 12.8 Å². The van der Waals surface area contributed by atoms with Crippen molar-refractivity contribution in [3.8, 4) is 0 Å². The van der Waals surface area contributed by atoms with Gasteiger partial charge in [-0.3, -0.25) is 4.79 Å². The Morgan fingerprint density at radius 1 is 1.62 bits per heavy atom. The average molecular weight is 182 g/mol. The number of hydrogen-bond donors (Lipinski definition) is 1. The van der Waals surface area contributed by atoms with Crippen molar-refractivity contribution in [3.63, 3.8) is 0 Å². The molecule has 0 spiro atoms. The van der Waals surface area contributed by atoms with Crippen LogP contribution in [-0.2, 0) is 4.79 Å². The van der Waals surface area contributed by atoms with Crippen LogP contribution in [0.15, 0.2) is 0 Å². The number of rotatable bonds is 3. The third-order valence-corrected chi connectivity index (χ3v) is 3.38. The maximum Gasteiger partial charge on any atom is 0.223 e. The fourth-order valence-corrected chi connectivity index (χ4v) is 2.34. The number of nitrogens with zero attached hydrogens (tertiary/aromatic N) is 1. The number of carbonyl (C=O) groups is 1. The van der Waals surface area contributed by atoms with Crippen molar-refractivity contribution >= 4 is 5.91 Å². The number of amides is 1. The quantitative estimate of drug-likeness (QED) is 0.694. The third kappa shape index (κ3) is 1.57. The smallest absolute Gasteiger partial charge is 0.223 e. The first-order chi connectivity index (χ1) is 6.26. The van der Waals surface area contributed by atoms with Crippen molar-refractivity contribution in [3.05, 3.63) is 0 Å². The molecule has 1 saturated heterocycles. The molecule has 0 radical (unpaired) electrons. The highest BCUT2D eigenvalue weighted by molar-refractivity contribution is 5.79. The summed E-state index contributed by atoms with van der Waals surface area (Å²) in [6, 6.07) is 0.564. The molecule has 3 unspecified atom stereocenters. The molecule has 1 aliphatic carbocycles. The topological polar surface area (TPSA) is 46.3 Å². The van der Waals surface area contributed by atoms with E-state index in [0.29, 0.717) is 30.8 Å². The highest BCUT2D eigenvalue weighted by Crippen LogP contribution is 2.40. The molecule has 0 bridgehead atoms. The van der Waals surface area contributed by atoms with E-state index in [4.69, 9.17) is 5.73 Å². The Labute approximate surface area is 79.3 Å². The molecule has 3 atom stereocenters. The second kappa shape index (κ2) is 3.29. The summed E-state index contributed by atoms with van der Waals surface area (Å²) in [5.41, 5.74) is 5.57. The molecule has 2 fully saturated rings. The minimum Gasteiger partial charge on any atom is -0.339 e. The number of carbonyl (C=O) groups excluding carboxylic acids is 1. The summed E-state index contributed by atoms with van der Waals surface area (Å²) in [7, 11) is 0. The molecule has 74 valence electrons. The van der Waals surface area contributed by atoms with Crippen LogP contribution >= 0.6 is 0 Å². The van der Waals surface area contributed by atoms with E-state index in [-0.39, 0.29) is 0 Å². The van der Waals surface area contributed by atoms with Crippen LogP contribution in [0.4, 0.5) is 0 Å². The predicted octanol–water partition coefficient (Wildman–Crippen LogP) is 0.592. The van der Waals surface area contributed by atoms with Crippen molar-refractivity contribution in [2.75, 3.05) is 13.1 Å². The average Bonchev–Trinajstić information content (AvgIpc) is 2.83. The Kier molecular flexibility index (Phi) is 2.28. The summed E-state index contributed by atoms with van der Waals surface area (Å²) in [5.74, 6) is 1.53. The van der Waals surface area contributed by atoms with Crippen LogP contribution in [0.5, 0.6) is 0 Å². The Morgan fingerprint density at radius 2 is 2.38 bits per heavy atom. The molecule has 1 aliphatic heterocycles. The number of nitrogens with two attached hydrogens (primary N) is 1. The van der Waals surface area contributed by atoms with Crippen LogP contribution in [0.2, 0.25) is 0 Å². The van der Waals surface area contributed by atoms with E-state index >= 15 is 0 Å². The fourth-order valence-electron chi connectivity index (χ4n) is 2.34. The molecule has 2 N–H and O–H groups in total. The van der Waals surface area contributed by atoms with Crippen LogP contribution < -0.4 is 5.73 Å². The standard InChI is InChI=1S/C10H18N2O/c1-2-8-4-9(8)12-6-7(5-11)3-10(12)13/h7-9H,2-6,11H2,1H3. The van der Waals surface area contributed by atoms with Crippen LogP contribution in [0.25, 0.3) is 0 Å². The SMILES string of the molecule is CCC1CC1N1CC(CN)CC1=O. The molecule has 2 aliphatic rings. The van der Waals surface area contributed by atoms with Crippen LogP contribution in [0.3, 0.4) is 0 Å². The molecule has 0 aromatic carbocycles. The molecule has 1 saturated carbocycles. The van der Waals surface area contributed by atoms with Gasteiger partial charge in [0, 0.05) is 19.0 Å². The van der Waals surface area contributed by atoms with Crippen molar-refractivity contribution in [2.45, 2.75) is 32.2 Å². The van der Waals surface area contributed by atoms with Gasteiger partial charge in [0.2, 0.25) is 5.91 Å². The Bertz CT molecular complexity index is 217. The van der Waals surface area contributed by atoms with Gasteiger partial charge >= 0.3 is 0 Å². The maximum atomic E-state index is 11.6. The highest BCUT2D eigenvalue weighted by atomic mass is 16.2. The number of hydrogen-bond acceptors (Lipinski definition) is 2. The molecule has 2 rings (SSSR count). The zero-order chi connectivity index (χ0) is 9.42. The molecule has 0 aromatic rings. The molecule has 1 heterocycles. The lowest BCUT2D eigenvalue weighted by atomic mass is 10.1. The first-order valence-corrected chi connectivity index (χ1v) is 5.25. The third-order valence-electron chi connectivity index (χ3n) is 3.38. The molecular weight excluding hydrogens is 164 g/mol. The highest BCUT2D eigenvalue weighted by Gasteiger charge is 2.45. The second-order valence-corrected chi connectivity index (χ2v) is 4.32. The van der Waals surface area contributed by atoms with E-state index in [1.807, 2.05) is 0 Å². The van der Waals surface area contributed by atoms with Crippen molar-refractivity contribution < 1.29 is 4.79 Å². The summed E-state index contributed by atoms with van der Waals surface area (Å²) in [6.45, 7) is 3.77. The lowest BCUT2D eigenvalue weighted by Crippen LogP contribution is -2.29. The van der Waals surface area contributed by atoms with E-state index in [0.717, 1.165) is 12.5 Å². The van der Waals surface area contributed by atoms with Gasteiger partial charge in [-0.2, -0.15) is 0 Å². The van der Waals surface area contributed by atoms with Gasteiger partial charge < -0.3 is 10.6 Å². The first kappa shape index (κ1) is 9.00. The zero-order valence-corrected chi connectivity index (χ0v) is 8.20. The van der Waals surface area contributed by atoms with Gasteiger partial charge in [-0.05, 0) is 24.8 Å². The van der Waals surface area contributed by atoms with Gasteiger partial charge in [-0.25, -0.2) is 0 Å². The van der Waals surface area contributed by atoms with Crippen molar-refractivity contribution in [2.24, 2.45) is 17.6 Å². The molecule has 1 amide bonds. The van der Waals surface area contributed by atoms with E-state index in [9.17, 15) is 4.79 Å². The van der Waals surface area contributed by atoms with Crippen LogP contribution in [0, 0.1) is 11.8 Å². The largest absolute Gasteiger partial charge is 0.339 e. The van der Waals surface area contributed by atoms with Gasteiger partial charge in [0.25, 0.3) is 0 Å². The monoisotopic (exact) mass is 182 g/mol. The summed E-state index contributed by atoms with van der Waals surface area (Å²) in [6.07, 6.45) is 3.12. The number of likely N-dealkylation sites (tertiary alicyclic amines) is 1. The predicted molar refractivity (Wildman–Crippen MR) is 51.1 cm³/mol. The maximum absolute atomic E-state index is 11.6. The minimum atomic E-state index is 0.330. The Morgan fingerprint density at radius 3 is 2.85 bits per heavy atom. The molecule has 13 heavy (non-hydrogen) atoms. The summed E-state index contributed by atoms with van der Waals surface area (Å²) in [4.78, 5) is 13.6. The van der Waals surface area contributed by atoms with Gasteiger partial charge in [-0.1, -0.05) is 13.3 Å². The van der Waals surface area contributed by atoms with Gasteiger partial charge in [-0.15, -0.1) is 0 Å². The molecular formula is C10H18N2O. The summed E-state index contributed by atoms with van der Waals surface area (Å²) in [5, 5.41) is 0. The van der Waals surface area contributed by atoms with Crippen LogP contribution in [0.1, 0.15) is 26.2 Å². The molecule has 3 heteroatoms. The van der Waals surface area contributed by atoms with Crippen molar-refractivity contribution in [1.82, 2.24) is 4.90 Å². The summed E-state index contributed by atoms with van der Waals surface area (Å²) >= 11 is 0. The van der Waals surface area contributed by atoms with Gasteiger partial charge in [0.1, 0.15) is 0 Å². The lowest BCUT2D eigenvalue weighted by Gasteiger charge is -2.16. The first-order valence-electron chi connectivity index (χ1n) is 5.25.